The summed E-state index contributed by atoms with van der Waals surface area (Å²) in [5.74, 6) is 0. The zero-order valence-corrected chi connectivity index (χ0v) is 12.0. The Kier molecular flexibility index (Phi) is 5.58. The highest BCUT2D eigenvalue weighted by Crippen LogP contribution is 2.30. The molecular formula is C12H25BrN2. The van der Waals surface area contributed by atoms with Crippen LogP contribution in [-0.4, -0.2) is 54.9 Å². The van der Waals surface area contributed by atoms with Crippen molar-refractivity contribution in [1.29, 1.82) is 0 Å². The first-order valence-electron chi connectivity index (χ1n) is 6.12. The Bertz CT molecular complexity index is 164. The van der Waals surface area contributed by atoms with E-state index in [9.17, 15) is 0 Å². The number of hydrogen-bond donors (Lipinski definition) is 0. The molecule has 0 atom stereocenters. The molecule has 0 amide bonds. The molecule has 15 heavy (non-hydrogen) atoms. The van der Waals surface area contributed by atoms with E-state index in [-0.39, 0.29) is 0 Å². The van der Waals surface area contributed by atoms with Crippen LogP contribution in [0.25, 0.3) is 0 Å². The van der Waals surface area contributed by atoms with Gasteiger partial charge in [-0.3, -0.25) is 0 Å². The van der Waals surface area contributed by atoms with Crippen molar-refractivity contribution >= 4 is 15.9 Å². The van der Waals surface area contributed by atoms with Gasteiger partial charge in [-0.15, -0.1) is 0 Å². The summed E-state index contributed by atoms with van der Waals surface area (Å²) in [6, 6.07) is 0. The molecule has 1 saturated heterocycles. The Labute approximate surface area is 103 Å². The molecule has 1 rings (SSSR count). The summed E-state index contributed by atoms with van der Waals surface area (Å²) >= 11 is 3.69. The first kappa shape index (κ1) is 13.5. The van der Waals surface area contributed by atoms with E-state index in [4.69, 9.17) is 0 Å². The summed E-state index contributed by atoms with van der Waals surface area (Å²) in [6.07, 6.45) is 2.56. The quantitative estimate of drug-likeness (QED) is 0.712. The van der Waals surface area contributed by atoms with Crippen molar-refractivity contribution in [3.8, 4) is 0 Å². The monoisotopic (exact) mass is 276 g/mol. The third-order valence-corrected chi connectivity index (χ3v) is 5.13. The summed E-state index contributed by atoms with van der Waals surface area (Å²) in [7, 11) is 2.22. The van der Waals surface area contributed by atoms with Gasteiger partial charge in [-0.1, -0.05) is 29.8 Å². The first-order valence-corrected chi connectivity index (χ1v) is 7.25. The normalized spacial score (nSPS) is 20.8. The fourth-order valence-electron chi connectivity index (χ4n) is 2.19. The number of halogens is 1. The zero-order valence-electron chi connectivity index (χ0n) is 10.4. The fraction of sp³-hybridized carbons (Fsp3) is 1.00. The van der Waals surface area contributed by atoms with Gasteiger partial charge in [-0.05, 0) is 25.3 Å². The smallest absolute Gasteiger partial charge is 0.0110 e. The van der Waals surface area contributed by atoms with E-state index in [0.29, 0.717) is 5.41 Å². The molecule has 0 aromatic heterocycles. The van der Waals surface area contributed by atoms with Gasteiger partial charge in [-0.2, -0.15) is 0 Å². The van der Waals surface area contributed by atoms with Gasteiger partial charge in [0.25, 0.3) is 0 Å². The van der Waals surface area contributed by atoms with Crippen molar-refractivity contribution in [2.24, 2.45) is 5.41 Å². The Hall–Kier alpha value is 0.400. The van der Waals surface area contributed by atoms with Crippen molar-refractivity contribution in [3.63, 3.8) is 0 Å². The molecule has 1 aliphatic rings. The second-order valence-electron chi connectivity index (χ2n) is 4.92. The number of hydrogen-bond acceptors (Lipinski definition) is 2. The highest BCUT2D eigenvalue weighted by atomic mass is 79.9. The number of alkyl halides is 1. The lowest BCUT2D eigenvalue weighted by atomic mass is 9.84. The van der Waals surface area contributed by atoms with Crippen LogP contribution in [0, 0.1) is 5.41 Å². The van der Waals surface area contributed by atoms with Crippen molar-refractivity contribution < 1.29 is 0 Å². The summed E-state index contributed by atoms with van der Waals surface area (Å²) < 4.78 is 0. The van der Waals surface area contributed by atoms with Crippen LogP contribution in [0.5, 0.6) is 0 Å². The highest BCUT2D eigenvalue weighted by molar-refractivity contribution is 9.09. The third kappa shape index (κ3) is 3.72. The third-order valence-electron chi connectivity index (χ3n) is 3.94. The van der Waals surface area contributed by atoms with E-state index in [1.165, 1.54) is 45.6 Å². The van der Waals surface area contributed by atoms with Crippen LogP contribution in [0.4, 0.5) is 0 Å². The number of likely N-dealkylation sites (N-methyl/N-ethyl adjacent to an activating group) is 1. The summed E-state index contributed by atoms with van der Waals surface area (Å²) in [5.41, 5.74) is 0.496. The number of piperazine rings is 1. The summed E-state index contributed by atoms with van der Waals surface area (Å²) in [5, 5.41) is 1.14. The van der Waals surface area contributed by atoms with Gasteiger partial charge in [0.05, 0.1) is 0 Å². The minimum Gasteiger partial charge on any atom is -0.304 e. The lowest BCUT2D eigenvalue weighted by molar-refractivity contribution is 0.101. The molecule has 0 spiro atoms. The molecule has 0 unspecified atom stereocenters. The van der Waals surface area contributed by atoms with Crippen LogP contribution in [-0.2, 0) is 0 Å². The van der Waals surface area contributed by atoms with Gasteiger partial charge in [0.15, 0.2) is 0 Å². The Morgan fingerprint density at radius 2 is 1.60 bits per heavy atom. The van der Waals surface area contributed by atoms with Crippen LogP contribution in [0.2, 0.25) is 0 Å². The van der Waals surface area contributed by atoms with Crippen molar-refractivity contribution in [2.45, 2.75) is 26.7 Å². The summed E-state index contributed by atoms with van der Waals surface area (Å²) in [6.45, 7) is 10.8. The van der Waals surface area contributed by atoms with E-state index in [2.05, 4.69) is 46.6 Å². The van der Waals surface area contributed by atoms with Crippen molar-refractivity contribution in [1.82, 2.24) is 9.80 Å². The Morgan fingerprint density at radius 1 is 1.07 bits per heavy atom. The average Bonchev–Trinajstić information content (AvgIpc) is 2.29. The van der Waals surface area contributed by atoms with Crippen LogP contribution in [0.15, 0.2) is 0 Å². The largest absolute Gasteiger partial charge is 0.304 e. The average molecular weight is 277 g/mol. The van der Waals surface area contributed by atoms with Gasteiger partial charge in [0.1, 0.15) is 0 Å². The van der Waals surface area contributed by atoms with Gasteiger partial charge in [0.2, 0.25) is 0 Å². The molecule has 0 radical (unpaired) electrons. The predicted molar refractivity (Wildman–Crippen MR) is 70.7 cm³/mol. The van der Waals surface area contributed by atoms with Gasteiger partial charge < -0.3 is 9.80 Å². The molecule has 0 saturated carbocycles. The van der Waals surface area contributed by atoms with Crippen LogP contribution in [0.3, 0.4) is 0 Å². The lowest BCUT2D eigenvalue weighted by Gasteiger charge is -2.39. The van der Waals surface area contributed by atoms with E-state index in [1.807, 2.05) is 0 Å². The fourth-order valence-corrected chi connectivity index (χ4v) is 3.16. The number of nitrogens with zero attached hydrogens (tertiary/aromatic N) is 2. The molecule has 1 aliphatic heterocycles. The molecule has 1 heterocycles. The predicted octanol–water partition coefficient (Wildman–Crippen LogP) is 2.44. The second kappa shape index (κ2) is 6.21. The van der Waals surface area contributed by atoms with Crippen LogP contribution in [0.1, 0.15) is 26.7 Å². The highest BCUT2D eigenvalue weighted by Gasteiger charge is 2.28. The van der Waals surface area contributed by atoms with Gasteiger partial charge >= 0.3 is 0 Å². The molecule has 90 valence electrons. The van der Waals surface area contributed by atoms with Gasteiger partial charge in [-0.25, -0.2) is 0 Å². The van der Waals surface area contributed by atoms with E-state index in [1.54, 1.807) is 0 Å². The lowest BCUT2D eigenvalue weighted by Crippen LogP contribution is -2.48. The maximum absolute atomic E-state index is 3.69. The first-order chi connectivity index (χ1) is 7.15. The van der Waals surface area contributed by atoms with Gasteiger partial charge in [0, 0.05) is 38.1 Å². The van der Waals surface area contributed by atoms with Crippen LogP contribution >= 0.6 is 15.9 Å². The molecule has 0 aromatic carbocycles. The molecule has 0 aliphatic carbocycles. The van der Waals surface area contributed by atoms with Crippen LogP contribution < -0.4 is 0 Å². The standard InChI is InChI=1S/C12H25BrN2/c1-4-12(5-2,10-13)11-15-8-6-14(3)7-9-15/h4-11H2,1-3H3. The molecular weight excluding hydrogens is 252 g/mol. The molecule has 0 bridgehead atoms. The molecule has 0 N–H and O–H groups in total. The topological polar surface area (TPSA) is 6.48 Å². The SMILES string of the molecule is CCC(CC)(CBr)CN1CCN(C)CC1. The number of rotatable bonds is 5. The molecule has 0 aromatic rings. The minimum absolute atomic E-state index is 0.496. The van der Waals surface area contributed by atoms with E-state index < -0.39 is 0 Å². The van der Waals surface area contributed by atoms with E-state index >= 15 is 0 Å². The summed E-state index contributed by atoms with van der Waals surface area (Å²) in [4.78, 5) is 5.05. The van der Waals surface area contributed by atoms with Crippen molar-refractivity contribution in [3.05, 3.63) is 0 Å². The second-order valence-corrected chi connectivity index (χ2v) is 5.48. The Balaban J connectivity index is 2.44. The Morgan fingerprint density at radius 3 is 2.00 bits per heavy atom. The maximum Gasteiger partial charge on any atom is 0.0110 e. The maximum atomic E-state index is 3.69. The zero-order chi connectivity index (χ0) is 11.3. The van der Waals surface area contributed by atoms with Crippen molar-refractivity contribution in [2.75, 3.05) is 45.1 Å². The molecule has 1 fully saturated rings. The van der Waals surface area contributed by atoms with E-state index in [0.717, 1.165) is 5.33 Å². The molecule has 3 heteroatoms. The molecule has 2 nitrogen and oxygen atoms in total. The minimum atomic E-state index is 0.496.